The van der Waals surface area contributed by atoms with Gasteiger partial charge in [-0.05, 0) is 30.2 Å². The smallest absolute Gasteiger partial charge is 0.416 e. The number of benzene rings is 2. The molecule has 2 aliphatic heterocycles. The molecule has 0 bridgehead atoms. The topological polar surface area (TPSA) is 88.2 Å². The summed E-state index contributed by atoms with van der Waals surface area (Å²) < 4.78 is 83.8. The van der Waals surface area contributed by atoms with Crippen LogP contribution in [0.2, 0.25) is 0 Å². The number of carbonyl (C=O) groups is 2. The Kier molecular flexibility index (Phi) is 7.17. The van der Waals surface area contributed by atoms with Crippen molar-refractivity contribution >= 4 is 17.5 Å². The van der Waals surface area contributed by atoms with Crippen molar-refractivity contribution in [1.82, 2.24) is 9.91 Å². The molecule has 38 heavy (non-hydrogen) atoms. The Labute approximate surface area is 213 Å². The van der Waals surface area contributed by atoms with Crippen LogP contribution < -0.4 is 10.5 Å². The van der Waals surface area contributed by atoms with E-state index in [-0.39, 0.29) is 31.5 Å². The molecule has 4 rings (SSSR count). The van der Waals surface area contributed by atoms with Gasteiger partial charge in [-0.25, -0.2) is 5.01 Å². The molecule has 0 aromatic heterocycles. The summed E-state index contributed by atoms with van der Waals surface area (Å²) in [5, 5.41) is 5.59. The van der Waals surface area contributed by atoms with Crippen molar-refractivity contribution in [3.63, 3.8) is 0 Å². The first-order valence-electron chi connectivity index (χ1n) is 11.6. The summed E-state index contributed by atoms with van der Waals surface area (Å²) in [6, 6.07) is 8.58. The van der Waals surface area contributed by atoms with Gasteiger partial charge in [0.15, 0.2) is 0 Å². The number of nitrogens with zero attached hydrogens (tertiary/aromatic N) is 3. The molecule has 0 radical (unpaired) electrons. The van der Waals surface area contributed by atoms with Gasteiger partial charge in [-0.1, -0.05) is 30.3 Å². The van der Waals surface area contributed by atoms with E-state index in [2.05, 4.69) is 5.10 Å². The maximum Gasteiger partial charge on any atom is 0.416 e. The van der Waals surface area contributed by atoms with Gasteiger partial charge in [-0.3, -0.25) is 9.59 Å². The monoisotopic (exact) mass is 542 g/mol. The van der Waals surface area contributed by atoms with E-state index in [0.717, 1.165) is 5.56 Å². The number of rotatable bonds is 6. The van der Waals surface area contributed by atoms with Crippen LogP contribution in [0.1, 0.15) is 23.1 Å². The number of nitrogens with two attached hydrogens (primary N) is 1. The highest BCUT2D eigenvalue weighted by Crippen LogP contribution is 2.39. The fourth-order valence-electron chi connectivity index (χ4n) is 4.72. The van der Waals surface area contributed by atoms with E-state index in [1.807, 2.05) is 30.3 Å². The molecule has 2 atom stereocenters. The molecular weight excluding hydrogens is 518 g/mol. The van der Waals surface area contributed by atoms with Crippen LogP contribution in [0, 0.1) is 5.41 Å². The van der Waals surface area contributed by atoms with E-state index in [1.54, 1.807) is 0 Å². The van der Waals surface area contributed by atoms with Crippen molar-refractivity contribution in [1.29, 1.82) is 0 Å². The lowest BCUT2D eigenvalue weighted by Gasteiger charge is -2.40. The number of likely N-dealkylation sites (tertiary alicyclic amines) is 1. The van der Waals surface area contributed by atoms with E-state index in [9.17, 15) is 35.9 Å². The summed E-state index contributed by atoms with van der Waals surface area (Å²) in [6.07, 6.45) is -9.50. The summed E-state index contributed by atoms with van der Waals surface area (Å²) >= 11 is 0. The van der Waals surface area contributed by atoms with E-state index >= 15 is 0 Å². The maximum absolute atomic E-state index is 13.2. The molecule has 0 spiro atoms. The highest BCUT2D eigenvalue weighted by atomic mass is 19.4. The quantitative estimate of drug-likeness (QED) is 0.564. The fraction of sp³-hybridized carbons (Fsp3) is 0.400. The average Bonchev–Trinajstić information content (AvgIpc) is 3.10. The molecule has 2 heterocycles. The molecule has 2 amide bonds. The first kappa shape index (κ1) is 27.4. The zero-order valence-electron chi connectivity index (χ0n) is 20.1. The average molecular weight is 542 g/mol. The van der Waals surface area contributed by atoms with Crippen LogP contribution >= 0.6 is 0 Å². The first-order chi connectivity index (χ1) is 17.7. The van der Waals surface area contributed by atoms with E-state index in [4.69, 9.17) is 10.5 Å². The van der Waals surface area contributed by atoms with Crippen molar-refractivity contribution < 1.29 is 40.7 Å². The molecule has 2 aromatic carbocycles. The molecule has 2 N–H and O–H groups in total. The molecule has 1 fully saturated rings. The molecule has 2 unspecified atom stereocenters. The van der Waals surface area contributed by atoms with Crippen molar-refractivity contribution in [3.8, 4) is 5.75 Å². The number of fused-ring (bicyclic) bond motifs is 1. The molecule has 204 valence electrons. The third-order valence-corrected chi connectivity index (χ3v) is 6.57. The van der Waals surface area contributed by atoms with Crippen LogP contribution in [0.25, 0.3) is 0 Å². The van der Waals surface area contributed by atoms with Gasteiger partial charge in [0.2, 0.25) is 5.91 Å². The molecular formula is C25H24F6N4O3. The third kappa shape index (κ3) is 5.47. The SMILES string of the molecule is CN1N=C2CCN(C(=O)C(N)COc3cc(C(F)(F)F)cc(C(F)(F)F)c3)CC2(Cc2ccccc2)C1=O. The predicted octanol–water partition coefficient (Wildman–Crippen LogP) is 3.72. The molecule has 2 aromatic rings. The number of amides is 2. The maximum atomic E-state index is 13.2. The number of carbonyl (C=O) groups excluding carboxylic acids is 2. The van der Waals surface area contributed by atoms with Gasteiger partial charge in [0.05, 0.1) is 16.8 Å². The zero-order valence-corrected chi connectivity index (χ0v) is 20.1. The van der Waals surface area contributed by atoms with Crippen molar-refractivity contribution in [2.75, 3.05) is 26.7 Å². The standard InChI is InChI=1S/C25H24F6N4O3/c1-34-22(37)23(12-15-5-3-2-4-6-15)14-35(8-7-20(23)33-34)21(36)19(32)13-38-18-10-16(24(26,27)28)9-17(11-18)25(29,30)31/h2-6,9-11,19H,7-8,12-14,32H2,1H3. The number of hydrazone groups is 1. The molecule has 13 heteroatoms. The number of halogens is 6. The second-order valence-electron chi connectivity index (χ2n) is 9.29. The van der Waals surface area contributed by atoms with E-state index in [1.165, 1.54) is 17.0 Å². The van der Waals surface area contributed by atoms with Crippen LogP contribution in [0.15, 0.2) is 53.6 Å². The number of alkyl halides is 6. The van der Waals surface area contributed by atoms with Gasteiger partial charge >= 0.3 is 12.4 Å². The number of hydrogen-bond acceptors (Lipinski definition) is 5. The Hall–Kier alpha value is -3.61. The largest absolute Gasteiger partial charge is 0.491 e. The molecule has 0 aliphatic carbocycles. The van der Waals surface area contributed by atoms with Gasteiger partial charge in [0.1, 0.15) is 23.8 Å². The summed E-state index contributed by atoms with van der Waals surface area (Å²) in [4.78, 5) is 27.7. The number of piperidine rings is 1. The van der Waals surface area contributed by atoms with Crippen molar-refractivity contribution in [2.45, 2.75) is 31.2 Å². The minimum atomic E-state index is -5.04. The van der Waals surface area contributed by atoms with Crippen LogP contribution in [0.5, 0.6) is 5.75 Å². The fourth-order valence-corrected chi connectivity index (χ4v) is 4.72. The molecule has 2 aliphatic rings. The van der Waals surface area contributed by atoms with Gasteiger partial charge in [-0.2, -0.15) is 31.4 Å². The van der Waals surface area contributed by atoms with Gasteiger partial charge in [-0.15, -0.1) is 0 Å². The van der Waals surface area contributed by atoms with Gasteiger partial charge in [0.25, 0.3) is 5.91 Å². The Bertz CT molecular complexity index is 1220. The lowest BCUT2D eigenvalue weighted by molar-refractivity contribution is -0.144. The summed E-state index contributed by atoms with van der Waals surface area (Å²) in [6.45, 7) is -0.516. The highest BCUT2D eigenvalue weighted by Gasteiger charge is 2.53. The van der Waals surface area contributed by atoms with E-state index < -0.39 is 53.2 Å². The normalized spacial score (nSPS) is 20.7. The molecule has 0 saturated carbocycles. The number of ether oxygens (including phenoxy) is 1. The Morgan fingerprint density at radius 3 is 2.26 bits per heavy atom. The van der Waals surface area contributed by atoms with Crippen molar-refractivity contribution in [2.24, 2.45) is 16.3 Å². The van der Waals surface area contributed by atoms with Crippen LogP contribution in [-0.2, 0) is 28.4 Å². The van der Waals surface area contributed by atoms with Gasteiger partial charge in [0, 0.05) is 26.6 Å². The minimum absolute atomic E-state index is 0.0212. The summed E-state index contributed by atoms with van der Waals surface area (Å²) in [5.41, 5.74) is 3.25. The van der Waals surface area contributed by atoms with E-state index in [0.29, 0.717) is 24.3 Å². The lowest BCUT2D eigenvalue weighted by atomic mass is 9.73. The Balaban J connectivity index is 1.50. The Morgan fingerprint density at radius 1 is 1.08 bits per heavy atom. The van der Waals surface area contributed by atoms with Crippen LogP contribution in [0.4, 0.5) is 26.3 Å². The second kappa shape index (κ2) is 9.93. The first-order valence-corrected chi connectivity index (χ1v) is 11.6. The summed E-state index contributed by atoms with van der Waals surface area (Å²) in [5.74, 6) is -1.67. The number of hydrogen-bond donors (Lipinski definition) is 1. The van der Waals surface area contributed by atoms with Crippen molar-refractivity contribution in [3.05, 3.63) is 65.2 Å². The van der Waals surface area contributed by atoms with Gasteiger partial charge < -0.3 is 15.4 Å². The lowest BCUT2D eigenvalue weighted by Crippen LogP contribution is -2.58. The summed E-state index contributed by atoms with van der Waals surface area (Å²) in [7, 11) is 1.52. The highest BCUT2D eigenvalue weighted by molar-refractivity contribution is 6.13. The predicted molar refractivity (Wildman–Crippen MR) is 124 cm³/mol. The molecule has 1 saturated heterocycles. The second-order valence-corrected chi connectivity index (χ2v) is 9.29. The Morgan fingerprint density at radius 2 is 1.68 bits per heavy atom. The zero-order chi connectivity index (χ0) is 27.9. The van der Waals surface area contributed by atoms with Crippen LogP contribution in [-0.4, -0.2) is 60.2 Å². The molecule has 7 nitrogen and oxygen atoms in total. The van der Waals surface area contributed by atoms with Crippen LogP contribution in [0.3, 0.4) is 0 Å². The minimum Gasteiger partial charge on any atom is -0.491 e. The third-order valence-electron chi connectivity index (χ3n) is 6.57.